The molecule has 3 N–H and O–H groups in total. The van der Waals surface area contributed by atoms with Crippen molar-refractivity contribution >= 4 is 5.97 Å². The zero-order valence-electron chi connectivity index (χ0n) is 12.4. The number of carboxylic acid groups (broad SMARTS) is 1. The van der Waals surface area contributed by atoms with Gasteiger partial charge in [0.2, 0.25) is 0 Å². The van der Waals surface area contributed by atoms with Gasteiger partial charge in [-0.25, -0.2) is 17.6 Å². The minimum Gasteiger partial charge on any atom is -0.480 e. The summed E-state index contributed by atoms with van der Waals surface area (Å²) in [5, 5.41) is 8.92. The fraction of sp³-hybridized carbons (Fsp3) is 0.533. The van der Waals surface area contributed by atoms with Crippen LogP contribution in [-0.4, -0.2) is 16.6 Å². The second-order valence-corrected chi connectivity index (χ2v) is 5.87. The molecule has 0 saturated carbocycles. The van der Waals surface area contributed by atoms with E-state index < -0.39 is 40.3 Å². The molecule has 1 rings (SSSR count). The SMILES string of the molecule is CC(CCCc1c(F)cc(F)c(F)c1F)CC(C)(N)C(=O)O. The van der Waals surface area contributed by atoms with Crippen molar-refractivity contribution in [1.82, 2.24) is 0 Å². The molecular formula is C15H19F4NO2. The number of rotatable bonds is 7. The number of benzene rings is 1. The van der Waals surface area contributed by atoms with E-state index >= 15 is 0 Å². The van der Waals surface area contributed by atoms with Gasteiger partial charge < -0.3 is 10.8 Å². The van der Waals surface area contributed by atoms with E-state index in [1.807, 2.05) is 0 Å². The molecule has 0 amide bonds. The van der Waals surface area contributed by atoms with Gasteiger partial charge in [0, 0.05) is 11.6 Å². The van der Waals surface area contributed by atoms with Crippen molar-refractivity contribution < 1.29 is 27.5 Å². The van der Waals surface area contributed by atoms with E-state index in [1.165, 1.54) is 6.92 Å². The van der Waals surface area contributed by atoms with Crippen molar-refractivity contribution in [3.8, 4) is 0 Å². The molecule has 2 atom stereocenters. The molecule has 0 aliphatic heterocycles. The van der Waals surface area contributed by atoms with Crippen LogP contribution in [0.25, 0.3) is 0 Å². The first-order valence-corrected chi connectivity index (χ1v) is 6.90. The first kappa shape index (κ1) is 18.4. The standard InChI is InChI=1S/C15H19F4NO2/c1-8(7-15(2,20)14(21)22)4-3-5-9-10(16)6-11(17)13(19)12(9)18/h6,8H,3-5,7,20H2,1-2H3,(H,21,22). The van der Waals surface area contributed by atoms with E-state index in [9.17, 15) is 22.4 Å². The molecule has 0 spiro atoms. The summed E-state index contributed by atoms with van der Waals surface area (Å²) in [6.45, 7) is 3.16. The van der Waals surface area contributed by atoms with Crippen LogP contribution in [0, 0.1) is 29.2 Å². The summed E-state index contributed by atoms with van der Waals surface area (Å²) in [7, 11) is 0. The van der Waals surface area contributed by atoms with E-state index in [1.54, 1.807) is 6.92 Å². The molecule has 0 aromatic heterocycles. The van der Waals surface area contributed by atoms with Crippen LogP contribution in [0.1, 0.15) is 38.7 Å². The minimum atomic E-state index is -1.69. The van der Waals surface area contributed by atoms with Crippen molar-refractivity contribution in [3.05, 3.63) is 34.9 Å². The summed E-state index contributed by atoms with van der Waals surface area (Å²) in [5.41, 5.74) is 3.74. The van der Waals surface area contributed by atoms with Crippen molar-refractivity contribution in [3.63, 3.8) is 0 Å². The van der Waals surface area contributed by atoms with Crippen molar-refractivity contribution in [1.29, 1.82) is 0 Å². The molecule has 7 heteroatoms. The van der Waals surface area contributed by atoms with Gasteiger partial charge in [-0.3, -0.25) is 4.79 Å². The summed E-state index contributed by atoms with van der Waals surface area (Å²) >= 11 is 0. The van der Waals surface area contributed by atoms with Gasteiger partial charge in [-0.1, -0.05) is 13.3 Å². The van der Waals surface area contributed by atoms with E-state index in [4.69, 9.17) is 10.8 Å². The highest BCUT2D eigenvalue weighted by molar-refractivity contribution is 5.77. The maximum absolute atomic E-state index is 13.5. The molecule has 3 nitrogen and oxygen atoms in total. The average molecular weight is 321 g/mol. The van der Waals surface area contributed by atoms with Crippen LogP contribution >= 0.6 is 0 Å². The molecule has 0 saturated heterocycles. The van der Waals surface area contributed by atoms with E-state index in [2.05, 4.69) is 0 Å². The van der Waals surface area contributed by atoms with Gasteiger partial charge in [0.25, 0.3) is 0 Å². The van der Waals surface area contributed by atoms with E-state index in [0.717, 1.165) is 0 Å². The number of hydrogen-bond donors (Lipinski definition) is 2. The van der Waals surface area contributed by atoms with Crippen LogP contribution < -0.4 is 5.73 Å². The molecule has 0 fully saturated rings. The Morgan fingerprint density at radius 2 is 1.86 bits per heavy atom. The van der Waals surface area contributed by atoms with Gasteiger partial charge in [0.15, 0.2) is 17.5 Å². The second kappa shape index (κ2) is 7.09. The third-order valence-corrected chi connectivity index (χ3v) is 3.59. The first-order chi connectivity index (χ1) is 10.1. The molecule has 2 unspecified atom stereocenters. The third-order valence-electron chi connectivity index (χ3n) is 3.59. The molecule has 1 aromatic carbocycles. The summed E-state index contributed by atoms with van der Waals surface area (Å²) in [6.07, 6.45) is 0.854. The van der Waals surface area contributed by atoms with Crippen molar-refractivity contribution in [2.75, 3.05) is 0 Å². The molecule has 1 aromatic rings. The number of aliphatic carboxylic acids is 1. The number of hydrogen-bond acceptors (Lipinski definition) is 2. The molecule has 0 bridgehead atoms. The van der Waals surface area contributed by atoms with Gasteiger partial charge in [-0.15, -0.1) is 0 Å². The first-order valence-electron chi connectivity index (χ1n) is 6.90. The Morgan fingerprint density at radius 3 is 2.41 bits per heavy atom. The predicted octanol–water partition coefficient (Wildman–Crippen LogP) is 3.39. The van der Waals surface area contributed by atoms with Gasteiger partial charge in [0.05, 0.1) is 0 Å². The van der Waals surface area contributed by atoms with Gasteiger partial charge in [0.1, 0.15) is 11.4 Å². The lowest BCUT2D eigenvalue weighted by molar-refractivity contribution is -0.143. The highest BCUT2D eigenvalue weighted by Gasteiger charge is 2.29. The zero-order chi connectivity index (χ0) is 17.1. The largest absolute Gasteiger partial charge is 0.480 e. The smallest absolute Gasteiger partial charge is 0.323 e. The number of carboxylic acids is 1. The zero-order valence-corrected chi connectivity index (χ0v) is 12.4. The van der Waals surface area contributed by atoms with E-state index in [-0.39, 0.29) is 18.8 Å². The maximum atomic E-state index is 13.5. The molecular weight excluding hydrogens is 302 g/mol. The Labute approximate surface area is 126 Å². The Bertz CT molecular complexity index is 561. The lowest BCUT2D eigenvalue weighted by Crippen LogP contribution is -2.46. The molecule has 0 heterocycles. The summed E-state index contributed by atoms with van der Waals surface area (Å²) < 4.78 is 52.8. The Kier molecular flexibility index (Phi) is 5.93. The number of nitrogens with two attached hydrogens (primary N) is 1. The fourth-order valence-corrected chi connectivity index (χ4v) is 2.37. The van der Waals surface area contributed by atoms with E-state index in [0.29, 0.717) is 18.9 Å². The van der Waals surface area contributed by atoms with Gasteiger partial charge in [-0.2, -0.15) is 0 Å². The molecule has 0 radical (unpaired) electrons. The molecule has 124 valence electrons. The maximum Gasteiger partial charge on any atom is 0.323 e. The summed E-state index contributed by atoms with van der Waals surface area (Å²) in [5.74, 6) is -7.12. The Hall–Kier alpha value is -1.63. The fourth-order valence-electron chi connectivity index (χ4n) is 2.37. The third kappa shape index (κ3) is 4.43. The monoisotopic (exact) mass is 321 g/mol. The summed E-state index contributed by atoms with van der Waals surface area (Å²) in [4.78, 5) is 10.9. The highest BCUT2D eigenvalue weighted by Crippen LogP contribution is 2.24. The summed E-state index contributed by atoms with van der Waals surface area (Å²) in [6, 6.07) is 0.318. The second-order valence-electron chi connectivity index (χ2n) is 5.87. The van der Waals surface area contributed by atoms with Crippen molar-refractivity contribution in [2.45, 2.75) is 45.1 Å². The minimum absolute atomic E-state index is 0.0949. The normalized spacial score (nSPS) is 15.4. The predicted molar refractivity (Wildman–Crippen MR) is 73.2 cm³/mol. The average Bonchev–Trinajstić information content (AvgIpc) is 2.39. The van der Waals surface area contributed by atoms with Crippen LogP contribution in [0.3, 0.4) is 0 Å². The quantitative estimate of drug-likeness (QED) is 0.460. The van der Waals surface area contributed by atoms with Crippen LogP contribution in [-0.2, 0) is 11.2 Å². The lowest BCUT2D eigenvalue weighted by atomic mass is 9.87. The van der Waals surface area contributed by atoms with Gasteiger partial charge >= 0.3 is 5.97 Å². The van der Waals surface area contributed by atoms with Gasteiger partial charge in [-0.05, 0) is 32.1 Å². The lowest BCUT2D eigenvalue weighted by Gasteiger charge is -2.23. The molecule has 0 aliphatic rings. The Morgan fingerprint density at radius 1 is 1.27 bits per heavy atom. The molecule has 0 aliphatic carbocycles. The Balaban J connectivity index is 2.62. The topological polar surface area (TPSA) is 63.3 Å². The van der Waals surface area contributed by atoms with Crippen LogP contribution in [0.15, 0.2) is 6.07 Å². The molecule has 22 heavy (non-hydrogen) atoms. The van der Waals surface area contributed by atoms with Crippen LogP contribution in [0.5, 0.6) is 0 Å². The van der Waals surface area contributed by atoms with Crippen molar-refractivity contribution in [2.24, 2.45) is 11.7 Å². The highest BCUT2D eigenvalue weighted by atomic mass is 19.2. The van der Waals surface area contributed by atoms with Crippen LogP contribution in [0.4, 0.5) is 17.6 Å². The number of halogens is 4. The van der Waals surface area contributed by atoms with Crippen LogP contribution in [0.2, 0.25) is 0 Å². The number of carbonyl (C=O) groups is 1.